The highest BCUT2D eigenvalue weighted by Crippen LogP contribution is 2.34. The van der Waals surface area contributed by atoms with Crippen LogP contribution in [0, 0.1) is 3.57 Å². The number of hydrogen-bond acceptors (Lipinski definition) is 3. The zero-order valence-electron chi connectivity index (χ0n) is 8.03. The van der Waals surface area contributed by atoms with Crippen LogP contribution >= 0.6 is 22.6 Å². The summed E-state index contributed by atoms with van der Waals surface area (Å²) in [5.41, 5.74) is -0.443. The molecule has 8 heteroatoms. The maximum Gasteiger partial charge on any atom is 0.573 e. The number of hydrogen-bond donors (Lipinski definition) is 2. The normalized spacial score (nSPS) is 13.2. The zero-order chi connectivity index (χ0) is 13.2. The molecule has 0 heterocycles. The average molecular weight is 362 g/mol. The van der Waals surface area contributed by atoms with Crippen LogP contribution in [0.25, 0.3) is 0 Å². The Hall–Kier alpha value is -1.03. The van der Waals surface area contributed by atoms with E-state index in [0.29, 0.717) is 0 Å². The van der Waals surface area contributed by atoms with Crippen LogP contribution in [0.3, 0.4) is 0 Å². The Morgan fingerprint density at radius 2 is 2.00 bits per heavy atom. The van der Waals surface area contributed by atoms with E-state index in [2.05, 4.69) is 4.74 Å². The predicted molar refractivity (Wildman–Crippen MR) is 58.4 cm³/mol. The lowest BCUT2D eigenvalue weighted by Gasteiger charge is -2.16. The summed E-state index contributed by atoms with van der Waals surface area (Å²) in [6.07, 6.45) is -7.02. The molecule has 0 radical (unpaired) electrons. The van der Waals surface area contributed by atoms with E-state index < -0.39 is 29.7 Å². The van der Waals surface area contributed by atoms with Crippen LogP contribution in [0.5, 0.6) is 5.75 Å². The lowest BCUT2D eigenvalue weighted by molar-refractivity contribution is -0.275. The SMILES string of the molecule is O=C(O)C(O)c1cccc(I)c1OC(F)(F)F. The smallest absolute Gasteiger partial charge is 0.479 e. The second kappa shape index (κ2) is 5.08. The second-order valence-corrected chi connectivity index (χ2v) is 4.11. The van der Waals surface area contributed by atoms with Gasteiger partial charge in [0.05, 0.1) is 3.57 Å². The number of aliphatic carboxylic acids is 1. The molecule has 0 spiro atoms. The zero-order valence-corrected chi connectivity index (χ0v) is 10.2. The summed E-state index contributed by atoms with van der Waals surface area (Å²) in [5.74, 6) is -2.35. The van der Waals surface area contributed by atoms with Gasteiger partial charge in [-0.05, 0) is 28.7 Å². The van der Waals surface area contributed by atoms with Gasteiger partial charge in [0, 0.05) is 5.56 Å². The molecule has 0 saturated heterocycles. The van der Waals surface area contributed by atoms with E-state index in [0.717, 1.165) is 6.07 Å². The van der Waals surface area contributed by atoms with Crippen LogP contribution in [-0.4, -0.2) is 22.5 Å². The molecule has 2 N–H and O–H groups in total. The molecule has 0 amide bonds. The molecule has 4 nitrogen and oxygen atoms in total. The highest BCUT2D eigenvalue weighted by molar-refractivity contribution is 14.1. The van der Waals surface area contributed by atoms with E-state index in [4.69, 9.17) is 5.11 Å². The number of benzene rings is 1. The van der Waals surface area contributed by atoms with E-state index in [1.807, 2.05) is 0 Å². The van der Waals surface area contributed by atoms with E-state index in [1.54, 1.807) is 22.6 Å². The molecule has 94 valence electrons. The Bertz CT molecular complexity index is 433. The molecule has 17 heavy (non-hydrogen) atoms. The first-order valence-electron chi connectivity index (χ1n) is 4.17. The summed E-state index contributed by atoms with van der Waals surface area (Å²) >= 11 is 1.55. The number of aliphatic hydroxyl groups is 1. The summed E-state index contributed by atoms with van der Waals surface area (Å²) in [5, 5.41) is 17.8. The quantitative estimate of drug-likeness (QED) is 0.810. The summed E-state index contributed by atoms with van der Waals surface area (Å²) in [6.45, 7) is 0. The van der Waals surface area contributed by atoms with Crippen molar-refractivity contribution in [3.05, 3.63) is 27.3 Å². The molecule has 1 atom stereocenters. The number of alkyl halides is 3. The van der Waals surface area contributed by atoms with Crippen LogP contribution in [-0.2, 0) is 4.79 Å². The van der Waals surface area contributed by atoms with Gasteiger partial charge in [0.15, 0.2) is 6.10 Å². The molecule has 1 aromatic rings. The number of carboxylic acids is 1. The minimum atomic E-state index is -4.95. The van der Waals surface area contributed by atoms with Gasteiger partial charge in [-0.3, -0.25) is 0 Å². The standard InChI is InChI=1S/C9H6F3IO4/c10-9(11,12)17-7-4(6(14)8(15)16)2-1-3-5(7)13/h1-3,6,14H,(H,15,16). The van der Waals surface area contributed by atoms with Gasteiger partial charge in [-0.25, -0.2) is 4.79 Å². The van der Waals surface area contributed by atoms with Crippen molar-refractivity contribution < 1.29 is 32.9 Å². The fourth-order valence-electron chi connectivity index (χ4n) is 1.10. The maximum atomic E-state index is 12.1. The average Bonchev–Trinajstić information content (AvgIpc) is 2.18. The molecular weight excluding hydrogens is 356 g/mol. The Morgan fingerprint density at radius 3 is 2.47 bits per heavy atom. The summed E-state index contributed by atoms with van der Waals surface area (Å²) < 4.78 is 40.1. The first-order valence-corrected chi connectivity index (χ1v) is 5.25. The van der Waals surface area contributed by atoms with Crippen molar-refractivity contribution in [1.29, 1.82) is 0 Å². The van der Waals surface area contributed by atoms with Gasteiger partial charge in [-0.15, -0.1) is 13.2 Å². The minimum absolute atomic E-state index is 0.0534. The lowest BCUT2D eigenvalue weighted by atomic mass is 10.1. The predicted octanol–water partition coefficient (Wildman–Crippen LogP) is 2.31. The second-order valence-electron chi connectivity index (χ2n) is 2.95. The van der Waals surface area contributed by atoms with Crippen LogP contribution in [0.2, 0.25) is 0 Å². The third-order valence-electron chi connectivity index (χ3n) is 1.74. The monoisotopic (exact) mass is 362 g/mol. The number of para-hydroxylation sites is 1. The lowest BCUT2D eigenvalue weighted by Crippen LogP contribution is -2.21. The van der Waals surface area contributed by atoms with Crippen molar-refractivity contribution in [2.75, 3.05) is 0 Å². The van der Waals surface area contributed by atoms with Crippen molar-refractivity contribution in [2.45, 2.75) is 12.5 Å². The van der Waals surface area contributed by atoms with Crippen LogP contribution in [0.4, 0.5) is 13.2 Å². The highest BCUT2D eigenvalue weighted by atomic mass is 127. The van der Waals surface area contributed by atoms with E-state index in [-0.39, 0.29) is 3.57 Å². The fraction of sp³-hybridized carbons (Fsp3) is 0.222. The molecule has 1 rings (SSSR count). The minimum Gasteiger partial charge on any atom is -0.479 e. The van der Waals surface area contributed by atoms with Crippen LogP contribution in [0.15, 0.2) is 18.2 Å². The third-order valence-corrected chi connectivity index (χ3v) is 2.59. The molecular formula is C9H6F3IO4. The summed E-state index contributed by atoms with van der Waals surface area (Å²) in [7, 11) is 0. The van der Waals surface area contributed by atoms with Crippen molar-refractivity contribution in [1.82, 2.24) is 0 Å². The molecule has 0 saturated carbocycles. The van der Waals surface area contributed by atoms with Crippen molar-refractivity contribution >= 4 is 28.6 Å². The Labute approximate surface area is 107 Å². The van der Waals surface area contributed by atoms with Crippen LogP contribution < -0.4 is 4.74 Å². The number of aliphatic hydroxyl groups excluding tert-OH is 1. The first kappa shape index (κ1) is 14.0. The molecule has 0 aromatic heterocycles. The number of carboxylic acid groups (broad SMARTS) is 1. The molecule has 0 aliphatic carbocycles. The number of ether oxygens (including phenoxy) is 1. The molecule has 0 aliphatic rings. The van der Waals surface area contributed by atoms with Gasteiger partial charge in [0.2, 0.25) is 0 Å². The Morgan fingerprint density at radius 1 is 1.41 bits per heavy atom. The molecule has 0 fully saturated rings. The fourth-order valence-corrected chi connectivity index (χ4v) is 1.73. The number of carbonyl (C=O) groups is 1. The topological polar surface area (TPSA) is 66.8 Å². The Kier molecular flexibility index (Phi) is 4.20. The first-order chi connectivity index (χ1) is 7.72. The largest absolute Gasteiger partial charge is 0.573 e. The van der Waals surface area contributed by atoms with E-state index in [9.17, 15) is 23.1 Å². The van der Waals surface area contributed by atoms with Crippen molar-refractivity contribution in [2.24, 2.45) is 0 Å². The van der Waals surface area contributed by atoms with Crippen LogP contribution in [0.1, 0.15) is 11.7 Å². The molecule has 1 unspecified atom stereocenters. The van der Waals surface area contributed by atoms with Crippen molar-refractivity contribution in [3.8, 4) is 5.75 Å². The third kappa shape index (κ3) is 3.73. The highest BCUT2D eigenvalue weighted by Gasteiger charge is 2.34. The van der Waals surface area contributed by atoms with Gasteiger partial charge < -0.3 is 14.9 Å². The summed E-state index contributed by atoms with van der Waals surface area (Å²) in [6, 6.07) is 3.69. The summed E-state index contributed by atoms with van der Waals surface area (Å²) in [4.78, 5) is 10.5. The number of halogens is 4. The Balaban J connectivity index is 3.22. The van der Waals surface area contributed by atoms with Gasteiger partial charge in [0.25, 0.3) is 0 Å². The van der Waals surface area contributed by atoms with Gasteiger partial charge >= 0.3 is 12.3 Å². The van der Waals surface area contributed by atoms with E-state index in [1.165, 1.54) is 12.1 Å². The molecule has 1 aromatic carbocycles. The molecule has 0 aliphatic heterocycles. The van der Waals surface area contributed by atoms with E-state index >= 15 is 0 Å². The molecule has 0 bridgehead atoms. The maximum absolute atomic E-state index is 12.1. The van der Waals surface area contributed by atoms with Gasteiger partial charge in [0.1, 0.15) is 5.75 Å². The van der Waals surface area contributed by atoms with Crippen molar-refractivity contribution in [3.63, 3.8) is 0 Å². The van der Waals surface area contributed by atoms with Gasteiger partial charge in [-0.2, -0.15) is 0 Å². The number of rotatable bonds is 3. The van der Waals surface area contributed by atoms with Gasteiger partial charge in [-0.1, -0.05) is 12.1 Å².